The number of pyridine rings is 1. The molecule has 0 bridgehead atoms. The van der Waals surface area contributed by atoms with E-state index in [4.69, 9.17) is 0 Å². The van der Waals surface area contributed by atoms with Gasteiger partial charge < -0.3 is 4.90 Å². The number of anilines is 1. The van der Waals surface area contributed by atoms with Gasteiger partial charge >= 0.3 is 0 Å². The number of hydrogen-bond donors (Lipinski definition) is 0. The van der Waals surface area contributed by atoms with Gasteiger partial charge in [0.25, 0.3) is 0 Å². The van der Waals surface area contributed by atoms with Gasteiger partial charge in [0.2, 0.25) is 0 Å². The van der Waals surface area contributed by atoms with Crippen LogP contribution in [0.3, 0.4) is 0 Å². The first-order chi connectivity index (χ1) is 14.6. The molecule has 154 valence electrons. The Kier molecular flexibility index (Phi) is 6.27. The van der Waals surface area contributed by atoms with Gasteiger partial charge in [0, 0.05) is 43.0 Å². The van der Waals surface area contributed by atoms with Crippen LogP contribution in [0.25, 0.3) is 11.1 Å². The Labute approximate surface area is 179 Å². The molecule has 2 aromatic carbocycles. The minimum Gasteiger partial charge on any atom is -0.372 e. The third-order valence-corrected chi connectivity index (χ3v) is 6.16. The fourth-order valence-corrected chi connectivity index (χ4v) is 4.21. The monoisotopic (exact) mass is 398 g/mol. The quantitative estimate of drug-likeness (QED) is 0.513. The zero-order valence-corrected chi connectivity index (χ0v) is 18.0. The molecule has 4 rings (SSSR count). The molecule has 0 amide bonds. The summed E-state index contributed by atoms with van der Waals surface area (Å²) in [6, 6.07) is 21.0. The molecule has 0 aliphatic carbocycles. The molecular weight excluding hydrogens is 368 g/mol. The average molecular weight is 399 g/mol. The molecule has 1 unspecified atom stereocenters. The summed E-state index contributed by atoms with van der Waals surface area (Å²) in [7, 11) is 0. The third-order valence-electron chi connectivity index (χ3n) is 6.16. The molecule has 3 nitrogen and oxygen atoms in total. The smallest absolute Gasteiger partial charge is 0.144 e. The zero-order valence-electron chi connectivity index (χ0n) is 18.0. The number of carbonyl (C=O) groups excluding carboxylic acids is 1. The predicted molar refractivity (Wildman–Crippen MR) is 124 cm³/mol. The highest BCUT2D eigenvalue weighted by Gasteiger charge is 2.17. The van der Waals surface area contributed by atoms with E-state index in [2.05, 4.69) is 64.5 Å². The fourth-order valence-electron chi connectivity index (χ4n) is 4.21. The number of carbonyl (C=O) groups is 1. The van der Waals surface area contributed by atoms with E-state index in [1.165, 1.54) is 24.9 Å². The number of aryl methyl sites for hydroxylation is 1. The van der Waals surface area contributed by atoms with Gasteiger partial charge in [0.1, 0.15) is 5.78 Å². The van der Waals surface area contributed by atoms with E-state index in [9.17, 15) is 4.79 Å². The standard InChI is InChI=1S/C27H30N2O/c1-20-18-25(14-15-28-20)24-8-6-22(7-9-24)19-27(30)21(2)23-10-12-26(13-11-23)29-16-4-3-5-17-29/h6-15,18,21H,3-5,16-17,19H2,1-2H3. The number of ketones is 1. The van der Waals surface area contributed by atoms with Crippen LogP contribution in [0, 0.1) is 6.92 Å². The first-order valence-electron chi connectivity index (χ1n) is 11.0. The van der Waals surface area contributed by atoms with Gasteiger partial charge in [-0.2, -0.15) is 0 Å². The summed E-state index contributed by atoms with van der Waals surface area (Å²) in [6.07, 6.45) is 6.18. The molecule has 2 heterocycles. The van der Waals surface area contributed by atoms with Crippen molar-refractivity contribution < 1.29 is 4.79 Å². The molecule has 0 saturated carbocycles. The number of Topliss-reactive ketones (excluding diaryl/α,β-unsaturated/α-hetero) is 1. The van der Waals surface area contributed by atoms with E-state index in [1.54, 1.807) is 0 Å². The van der Waals surface area contributed by atoms with Crippen LogP contribution in [0.5, 0.6) is 0 Å². The van der Waals surface area contributed by atoms with Crippen molar-refractivity contribution in [3.8, 4) is 11.1 Å². The lowest BCUT2D eigenvalue weighted by molar-refractivity contribution is -0.119. The topological polar surface area (TPSA) is 33.2 Å². The van der Waals surface area contributed by atoms with Crippen LogP contribution in [0.1, 0.15) is 48.9 Å². The van der Waals surface area contributed by atoms with E-state index in [-0.39, 0.29) is 11.7 Å². The van der Waals surface area contributed by atoms with Crippen molar-refractivity contribution in [3.63, 3.8) is 0 Å². The van der Waals surface area contributed by atoms with Crippen LogP contribution in [0.15, 0.2) is 66.9 Å². The van der Waals surface area contributed by atoms with E-state index < -0.39 is 0 Å². The SMILES string of the molecule is Cc1cc(-c2ccc(CC(=O)C(C)c3ccc(N4CCCCC4)cc3)cc2)ccn1. The van der Waals surface area contributed by atoms with Crippen molar-refractivity contribution in [2.24, 2.45) is 0 Å². The van der Waals surface area contributed by atoms with Gasteiger partial charge in [-0.05, 0) is 72.7 Å². The van der Waals surface area contributed by atoms with Crippen LogP contribution < -0.4 is 4.90 Å². The highest BCUT2D eigenvalue weighted by atomic mass is 16.1. The van der Waals surface area contributed by atoms with Gasteiger partial charge in [-0.15, -0.1) is 0 Å². The highest BCUT2D eigenvalue weighted by molar-refractivity contribution is 5.87. The molecule has 1 aliphatic heterocycles. The number of benzene rings is 2. The van der Waals surface area contributed by atoms with Gasteiger partial charge in [-0.1, -0.05) is 43.3 Å². The fraction of sp³-hybridized carbons (Fsp3) is 0.333. The summed E-state index contributed by atoms with van der Waals surface area (Å²) in [5.74, 6) is 0.163. The zero-order chi connectivity index (χ0) is 20.9. The summed E-state index contributed by atoms with van der Waals surface area (Å²) in [6.45, 7) is 6.30. The Morgan fingerprint density at radius 1 is 0.933 bits per heavy atom. The number of hydrogen-bond acceptors (Lipinski definition) is 3. The summed E-state index contributed by atoms with van der Waals surface area (Å²) < 4.78 is 0. The van der Waals surface area contributed by atoms with E-state index in [1.807, 2.05) is 26.1 Å². The maximum absolute atomic E-state index is 12.9. The summed E-state index contributed by atoms with van der Waals surface area (Å²) in [4.78, 5) is 19.6. The van der Waals surface area contributed by atoms with Gasteiger partial charge in [0.05, 0.1) is 0 Å². The largest absolute Gasteiger partial charge is 0.372 e. The van der Waals surface area contributed by atoms with Crippen LogP contribution in [-0.2, 0) is 11.2 Å². The van der Waals surface area contributed by atoms with Gasteiger partial charge in [0.15, 0.2) is 0 Å². The minimum atomic E-state index is -0.0945. The van der Waals surface area contributed by atoms with Crippen LogP contribution >= 0.6 is 0 Å². The lowest BCUT2D eigenvalue weighted by atomic mass is 9.92. The van der Waals surface area contributed by atoms with Crippen molar-refractivity contribution in [1.82, 2.24) is 4.98 Å². The number of aromatic nitrogens is 1. The molecule has 3 heteroatoms. The van der Waals surface area contributed by atoms with Crippen LogP contribution in [0.4, 0.5) is 5.69 Å². The Balaban J connectivity index is 1.39. The summed E-state index contributed by atoms with van der Waals surface area (Å²) in [5, 5.41) is 0. The normalized spacial score (nSPS) is 15.1. The Morgan fingerprint density at radius 2 is 1.63 bits per heavy atom. The van der Waals surface area contributed by atoms with Crippen molar-refractivity contribution in [2.45, 2.75) is 45.4 Å². The second-order valence-corrected chi connectivity index (χ2v) is 8.39. The molecule has 3 aromatic rings. The van der Waals surface area contributed by atoms with Crippen molar-refractivity contribution in [2.75, 3.05) is 18.0 Å². The summed E-state index contributed by atoms with van der Waals surface area (Å²) in [5.41, 5.74) is 6.75. The van der Waals surface area contributed by atoms with E-state index >= 15 is 0 Å². The average Bonchev–Trinajstić information content (AvgIpc) is 2.80. The molecule has 0 radical (unpaired) electrons. The van der Waals surface area contributed by atoms with Crippen molar-refractivity contribution >= 4 is 11.5 Å². The second kappa shape index (κ2) is 9.25. The Morgan fingerprint density at radius 3 is 2.30 bits per heavy atom. The lowest BCUT2D eigenvalue weighted by Gasteiger charge is -2.29. The Bertz CT molecular complexity index is 986. The molecule has 1 atom stereocenters. The molecule has 1 aliphatic rings. The Hall–Kier alpha value is -2.94. The molecular formula is C27H30N2O. The van der Waals surface area contributed by atoms with Crippen LogP contribution in [-0.4, -0.2) is 23.9 Å². The molecule has 1 aromatic heterocycles. The second-order valence-electron chi connectivity index (χ2n) is 8.39. The minimum absolute atomic E-state index is 0.0945. The third kappa shape index (κ3) is 4.79. The van der Waals surface area contributed by atoms with E-state index in [0.29, 0.717) is 6.42 Å². The first-order valence-corrected chi connectivity index (χ1v) is 11.0. The van der Waals surface area contributed by atoms with Crippen LogP contribution in [0.2, 0.25) is 0 Å². The number of rotatable bonds is 6. The van der Waals surface area contributed by atoms with Crippen molar-refractivity contribution in [3.05, 3.63) is 83.7 Å². The molecule has 1 saturated heterocycles. The molecule has 0 spiro atoms. The maximum Gasteiger partial charge on any atom is 0.144 e. The highest BCUT2D eigenvalue weighted by Crippen LogP contribution is 2.25. The van der Waals surface area contributed by atoms with Gasteiger partial charge in [-0.25, -0.2) is 0 Å². The summed E-state index contributed by atoms with van der Waals surface area (Å²) >= 11 is 0. The van der Waals surface area contributed by atoms with Gasteiger partial charge in [-0.3, -0.25) is 9.78 Å². The lowest BCUT2D eigenvalue weighted by Crippen LogP contribution is -2.29. The first kappa shape index (κ1) is 20.3. The number of piperidine rings is 1. The van der Waals surface area contributed by atoms with Crippen molar-refractivity contribution in [1.29, 1.82) is 0 Å². The predicted octanol–water partition coefficient (Wildman–Crippen LogP) is 5.96. The molecule has 1 fully saturated rings. The maximum atomic E-state index is 12.9. The van der Waals surface area contributed by atoms with E-state index in [0.717, 1.165) is 41.0 Å². The molecule has 30 heavy (non-hydrogen) atoms. The molecule has 0 N–H and O–H groups in total. The number of nitrogens with zero attached hydrogens (tertiary/aromatic N) is 2.